The quantitative estimate of drug-likeness (QED) is 0.829. The van der Waals surface area contributed by atoms with Crippen molar-refractivity contribution in [3.8, 4) is 0 Å². The van der Waals surface area contributed by atoms with Crippen molar-refractivity contribution in [3.05, 3.63) is 40.1 Å². The molecule has 110 valence electrons. The van der Waals surface area contributed by atoms with Crippen molar-refractivity contribution < 1.29 is 0 Å². The number of hydrogen-bond acceptors (Lipinski definition) is 3. The number of nitrogens with zero attached hydrogens (tertiary/aromatic N) is 2. The summed E-state index contributed by atoms with van der Waals surface area (Å²) in [5, 5.41) is 6.79. The molecule has 0 radical (unpaired) electrons. The van der Waals surface area contributed by atoms with Gasteiger partial charge in [-0.1, -0.05) is 27.2 Å². The third-order valence-corrected chi connectivity index (χ3v) is 4.70. The van der Waals surface area contributed by atoms with Gasteiger partial charge in [0, 0.05) is 29.7 Å². The van der Waals surface area contributed by atoms with Crippen LogP contribution in [-0.2, 0) is 6.54 Å². The van der Waals surface area contributed by atoms with Crippen LogP contribution in [0, 0.1) is 0 Å². The van der Waals surface area contributed by atoms with E-state index in [4.69, 9.17) is 4.98 Å². The number of nitrogens with one attached hydrogen (secondary N) is 1. The molecule has 0 saturated heterocycles. The van der Waals surface area contributed by atoms with Gasteiger partial charge in [-0.25, -0.2) is 4.98 Å². The van der Waals surface area contributed by atoms with Crippen LogP contribution in [0.3, 0.4) is 0 Å². The van der Waals surface area contributed by atoms with E-state index in [0.29, 0.717) is 12.0 Å². The van der Waals surface area contributed by atoms with E-state index in [1.165, 1.54) is 23.4 Å². The minimum absolute atomic E-state index is 0.461. The van der Waals surface area contributed by atoms with E-state index in [-0.39, 0.29) is 0 Å². The molecule has 1 atom stereocenters. The van der Waals surface area contributed by atoms with Gasteiger partial charge in [0.1, 0.15) is 0 Å². The topological polar surface area (TPSA) is 29.9 Å². The molecule has 2 rings (SSSR count). The van der Waals surface area contributed by atoms with Gasteiger partial charge in [0.05, 0.1) is 17.2 Å². The molecule has 0 amide bonds. The summed E-state index contributed by atoms with van der Waals surface area (Å²) >= 11 is 1.77. The fraction of sp³-hybridized carbons (Fsp3) is 0.562. The molecule has 0 spiro atoms. The zero-order valence-electron chi connectivity index (χ0n) is 12.9. The second-order valence-electron chi connectivity index (χ2n) is 5.58. The highest BCUT2D eigenvalue weighted by molar-refractivity contribution is 7.09. The predicted molar refractivity (Wildman–Crippen MR) is 86.4 cm³/mol. The Kier molecular flexibility index (Phi) is 5.38. The molecule has 1 unspecified atom stereocenters. The second kappa shape index (κ2) is 7.04. The highest BCUT2D eigenvalue weighted by Gasteiger charge is 2.10. The van der Waals surface area contributed by atoms with Gasteiger partial charge in [0.25, 0.3) is 0 Å². The molecule has 1 N–H and O–H groups in total. The van der Waals surface area contributed by atoms with Crippen molar-refractivity contribution >= 4 is 11.3 Å². The van der Waals surface area contributed by atoms with Crippen molar-refractivity contribution in [3.63, 3.8) is 0 Å². The Hall–Kier alpha value is -1.13. The maximum absolute atomic E-state index is 4.70. The van der Waals surface area contributed by atoms with Crippen LogP contribution in [-0.4, -0.2) is 16.6 Å². The Labute approximate surface area is 126 Å². The van der Waals surface area contributed by atoms with Gasteiger partial charge in [-0.2, -0.15) is 0 Å². The van der Waals surface area contributed by atoms with E-state index in [2.05, 4.69) is 54.5 Å². The van der Waals surface area contributed by atoms with Gasteiger partial charge in [-0.05, 0) is 25.1 Å². The van der Waals surface area contributed by atoms with Crippen molar-refractivity contribution in [2.45, 2.75) is 52.1 Å². The molecular formula is C16H25N3S. The Morgan fingerprint density at radius 3 is 2.80 bits per heavy atom. The van der Waals surface area contributed by atoms with E-state index < -0.39 is 0 Å². The number of thiazole rings is 1. The monoisotopic (exact) mass is 291 g/mol. The van der Waals surface area contributed by atoms with Gasteiger partial charge < -0.3 is 9.88 Å². The molecular weight excluding hydrogens is 266 g/mol. The van der Waals surface area contributed by atoms with E-state index in [9.17, 15) is 0 Å². The van der Waals surface area contributed by atoms with E-state index >= 15 is 0 Å². The highest BCUT2D eigenvalue weighted by Crippen LogP contribution is 2.21. The Morgan fingerprint density at radius 2 is 2.20 bits per heavy atom. The van der Waals surface area contributed by atoms with Crippen LogP contribution in [0.1, 0.15) is 61.8 Å². The number of rotatable bonds is 7. The standard InChI is InChI=1S/C16H25N3S/c1-5-6-15(17-4)13-7-8-19(9-13)10-14-11-20-16(18-14)12(2)3/h7-9,11-12,15,17H,5-6,10H2,1-4H3. The zero-order chi connectivity index (χ0) is 14.5. The average molecular weight is 291 g/mol. The van der Waals surface area contributed by atoms with E-state index in [0.717, 1.165) is 12.2 Å². The lowest BCUT2D eigenvalue weighted by atomic mass is 10.1. The molecule has 0 bridgehead atoms. The van der Waals surface area contributed by atoms with Gasteiger partial charge >= 0.3 is 0 Å². The van der Waals surface area contributed by atoms with Crippen LogP contribution in [0.25, 0.3) is 0 Å². The van der Waals surface area contributed by atoms with Crippen molar-refractivity contribution in [1.29, 1.82) is 0 Å². The van der Waals surface area contributed by atoms with E-state index in [1.807, 2.05) is 7.05 Å². The van der Waals surface area contributed by atoms with Crippen molar-refractivity contribution in [2.24, 2.45) is 0 Å². The Morgan fingerprint density at radius 1 is 1.40 bits per heavy atom. The zero-order valence-corrected chi connectivity index (χ0v) is 13.7. The minimum Gasteiger partial charge on any atom is -0.348 e. The predicted octanol–water partition coefficient (Wildman–Crippen LogP) is 4.18. The normalized spacial score (nSPS) is 13.1. The van der Waals surface area contributed by atoms with Crippen LogP contribution in [0.2, 0.25) is 0 Å². The lowest BCUT2D eigenvalue weighted by Gasteiger charge is -2.13. The third-order valence-electron chi connectivity index (χ3n) is 3.51. The molecule has 2 aromatic heterocycles. The maximum atomic E-state index is 4.70. The molecule has 20 heavy (non-hydrogen) atoms. The molecule has 4 heteroatoms. The molecule has 2 aromatic rings. The molecule has 3 nitrogen and oxygen atoms in total. The summed E-state index contributed by atoms with van der Waals surface area (Å²) in [6, 6.07) is 2.68. The summed E-state index contributed by atoms with van der Waals surface area (Å²) in [4.78, 5) is 4.70. The van der Waals surface area contributed by atoms with Gasteiger partial charge in [-0.3, -0.25) is 0 Å². The Bertz CT molecular complexity index is 527. The largest absolute Gasteiger partial charge is 0.348 e. The first-order chi connectivity index (χ1) is 9.63. The molecule has 0 aliphatic heterocycles. The molecule has 0 fully saturated rings. The number of aromatic nitrogens is 2. The molecule has 0 aromatic carbocycles. The molecule has 0 saturated carbocycles. The van der Waals surface area contributed by atoms with Crippen LogP contribution in [0.4, 0.5) is 0 Å². The first-order valence-corrected chi connectivity index (χ1v) is 8.29. The summed E-state index contributed by atoms with van der Waals surface area (Å²) in [5.74, 6) is 0.521. The number of hydrogen-bond donors (Lipinski definition) is 1. The van der Waals surface area contributed by atoms with Crippen LogP contribution in [0.5, 0.6) is 0 Å². The fourth-order valence-electron chi connectivity index (χ4n) is 2.38. The summed E-state index contributed by atoms with van der Waals surface area (Å²) in [6.07, 6.45) is 6.77. The van der Waals surface area contributed by atoms with E-state index in [1.54, 1.807) is 11.3 Å². The fourth-order valence-corrected chi connectivity index (χ4v) is 3.20. The lowest BCUT2D eigenvalue weighted by molar-refractivity contribution is 0.540. The smallest absolute Gasteiger partial charge is 0.0954 e. The van der Waals surface area contributed by atoms with Crippen LogP contribution >= 0.6 is 11.3 Å². The summed E-state index contributed by atoms with van der Waals surface area (Å²) < 4.78 is 2.23. The third kappa shape index (κ3) is 3.70. The minimum atomic E-state index is 0.461. The lowest BCUT2D eigenvalue weighted by Crippen LogP contribution is -2.15. The van der Waals surface area contributed by atoms with Gasteiger partial charge in [-0.15, -0.1) is 11.3 Å². The van der Waals surface area contributed by atoms with Gasteiger partial charge in [0.2, 0.25) is 0 Å². The SMILES string of the molecule is CCCC(NC)c1ccn(Cc2csc(C(C)C)n2)c1. The second-order valence-corrected chi connectivity index (χ2v) is 6.47. The van der Waals surface area contributed by atoms with Crippen molar-refractivity contribution in [2.75, 3.05) is 7.05 Å². The Balaban J connectivity index is 2.04. The summed E-state index contributed by atoms with van der Waals surface area (Å²) in [6.45, 7) is 7.48. The average Bonchev–Trinajstić information content (AvgIpc) is 3.06. The first-order valence-electron chi connectivity index (χ1n) is 7.41. The molecule has 0 aliphatic carbocycles. The molecule has 0 aliphatic rings. The highest BCUT2D eigenvalue weighted by atomic mass is 32.1. The maximum Gasteiger partial charge on any atom is 0.0954 e. The van der Waals surface area contributed by atoms with Crippen LogP contribution in [0.15, 0.2) is 23.8 Å². The summed E-state index contributed by atoms with van der Waals surface area (Å²) in [5.41, 5.74) is 2.53. The first kappa shape index (κ1) is 15.3. The summed E-state index contributed by atoms with van der Waals surface area (Å²) in [7, 11) is 2.03. The van der Waals surface area contributed by atoms with Crippen molar-refractivity contribution in [1.82, 2.24) is 14.9 Å². The van der Waals surface area contributed by atoms with Gasteiger partial charge in [0.15, 0.2) is 0 Å². The molecule has 2 heterocycles. The van der Waals surface area contributed by atoms with Crippen LogP contribution < -0.4 is 5.32 Å².